The van der Waals surface area contributed by atoms with Crippen LogP contribution in [0.3, 0.4) is 0 Å². The Hall–Kier alpha value is -2.89. The number of methoxy groups -OCH3 is 2. The van der Waals surface area contributed by atoms with Crippen LogP contribution in [0.25, 0.3) is 0 Å². The first-order valence-electron chi connectivity index (χ1n) is 8.63. The van der Waals surface area contributed by atoms with Crippen molar-refractivity contribution >= 4 is 11.6 Å². The number of nitrogens with zero attached hydrogens (tertiary/aromatic N) is 2. The van der Waals surface area contributed by atoms with Crippen LogP contribution in [0.4, 0.5) is 5.69 Å². The molecule has 1 aliphatic rings. The molecule has 0 radical (unpaired) electrons. The second-order valence-corrected chi connectivity index (χ2v) is 6.03. The highest BCUT2D eigenvalue weighted by Gasteiger charge is 2.21. The van der Waals surface area contributed by atoms with E-state index in [9.17, 15) is 4.79 Å². The van der Waals surface area contributed by atoms with Crippen LogP contribution in [-0.4, -0.2) is 57.8 Å². The first-order chi connectivity index (χ1) is 12.7. The number of rotatable bonds is 6. The molecule has 0 spiro atoms. The van der Waals surface area contributed by atoms with Crippen LogP contribution in [0.5, 0.6) is 17.2 Å². The third-order valence-electron chi connectivity index (χ3n) is 4.49. The van der Waals surface area contributed by atoms with Gasteiger partial charge >= 0.3 is 0 Å². The number of anilines is 1. The molecule has 0 aromatic heterocycles. The topological polar surface area (TPSA) is 51.2 Å². The average molecular weight is 356 g/mol. The molecule has 0 N–H and O–H groups in total. The zero-order chi connectivity index (χ0) is 18.4. The van der Waals surface area contributed by atoms with Crippen molar-refractivity contribution in [3.05, 3.63) is 48.5 Å². The normalized spacial score (nSPS) is 14.1. The lowest BCUT2D eigenvalue weighted by molar-refractivity contribution is -0.133. The van der Waals surface area contributed by atoms with Crippen molar-refractivity contribution in [3.63, 3.8) is 0 Å². The highest BCUT2D eigenvalue weighted by molar-refractivity contribution is 5.78. The number of carbonyl (C=O) groups excluding carboxylic acids is 1. The van der Waals surface area contributed by atoms with Gasteiger partial charge in [-0.2, -0.15) is 0 Å². The van der Waals surface area contributed by atoms with Gasteiger partial charge in [0, 0.05) is 31.9 Å². The summed E-state index contributed by atoms with van der Waals surface area (Å²) in [4.78, 5) is 16.5. The molecule has 6 heteroatoms. The van der Waals surface area contributed by atoms with Gasteiger partial charge in [0.25, 0.3) is 5.91 Å². The number of ether oxygens (including phenoxy) is 3. The molecule has 26 heavy (non-hydrogen) atoms. The van der Waals surface area contributed by atoms with Gasteiger partial charge in [0.05, 0.1) is 14.2 Å². The van der Waals surface area contributed by atoms with Crippen molar-refractivity contribution in [3.8, 4) is 17.2 Å². The van der Waals surface area contributed by atoms with E-state index in [-0.39, 0.29) is 12.5 Å². The lowest BCUT2D eigenvalue weighted by Crippen LogP contribution is -2.50. The molecule has 1 amide bonds. The maximum absolute atomic E-state index is 12.4. The highest BCUT2D eigenvalue weighted by atomic mass is 16.5. The minimum atomic E-state index is 0.00944. The monoisotopic (exact) mass is 356 g/mol. The van der Waals surface area contributed by atoms with Crippen LogP contribution in [0, 0.1) is 0 Å². The number of hydrogen-bond acceptors (Lipinski definition) is 5. The Labute approximate surface area is 153 Å². The second-order valence-electron chi connectivity index (χ2n) is 6.03. The SMILES string of the molecule is COc1ccc(OCC(=O)N2CCN(c3ccc(OC)cc3)CC2)cc1. The average Bonchev–Trinajstić information content (AvgIpc) is 2.72. The van der Waals surface area contributed by atoms with Gasteiger partial charge in [-0.25, -0.2) is 0 Å². The molecule has 6 nitrogen and oxygen atoms in total. The van der Waals surface area contributed by atoms with E-state index in [1.165, 1.54) is 0 Å². The summed E-state index contributed by atoms with van der Waals surface area (Å²) in [5.74, 6) is 2.28. The van der Waals surface area contributed by atoms with Crippen LogP contribution in [0.15, 0.2) is 48.5 Å². The predicted octanol–water partition coefficient (Wildman–Crippen LogP) is 2.43. The summed E-state index contributed by atoms with van der Waals surface area (Å²) in [5.41, 5.74) is 1.15. The lowest BCUT2D eigenvalue weighted by Gasteiger charge is -2.36. The van der Waals surface area contributed by atoms with Crippen LogP contribution >= 0.6 is 0 Å². The fourth-order valence-electron chi connectivity index (χ4n) is 2.92. The van der Waals surface area contributed by atoms with Gasteiger partial charge in [0.2, 0.25) is 0 Å². The summed E-state index contributed by atoms with van der Waals surface area (Å²) in [7, 11) is 3.28. The Morgan fingerprint density at radius 1 is 0.808 bits per heavy atom. The van der Waals surface area contributed by atoms with E-state index in [4.69, 9.17) is 14.2 Å². The van der Waals surface area contributed by atoms with Crippen LogP contribution in [0.2, 0.25) is 0 Å². The zero-order valence-corrected chi connectivity index (χ0v) is 15.2. The fraction of sp³-hybridized carbons (Fsp3) is 0.350. The molecule has 3 rings (SSSR count). The predicted molar refractivity (Wildman–Crippen MR) is 100 cm³/mol. The molecule has 0 atom stereocenters. The first-order valence-corrected chi connectivity index (χ1v) is 8.63. The van der Waals surface area contributed by atoms with E-state index < -0.39 is 0 Å². The Morgan fingerprint density at radius 2 is 1.31 bits per heavy atom. The van der Waals surface area contributed by atoms with E-state index in [1.54, 1.807) is 26.4 Å². The summed E-state index contributed by atoms with van der Waals surface area (Å²) in [6, 6.07) is 15.2. The van der Waals surface area contributed by atoms with E-state index in [0.29, 0.717) is 18.8 Å². The molecule has 0 unspecified atom stereocenters. The molecule has 0 bridgehead atoms. The van der Waals surface area contributed by atoms with Crippen molar-refractivity contribution in [2.45, 2.75) is 0 Å². The second kappa shape index (κ2) is 8.47. The molecule has 0 saturated carbocycles. The molecule has 138 valence electrons. The van der Waals surface area contributed by atoms with Crippen molar-refractivity contribution in [2.24, 2.45) is 0 Å². The molecule has 0 aliphatic carbocycles. The van der Waals surface area contributed by atoms with Gasteiger partial charge < -0.3 is 24.0 Å². The minimum absolute atomic E-state index is 0.00944. The van der Waals surface area contributed by atoms with E-state index >= 15 is 0 Å². The molecular formula is C20H24N2O4. The number of benzene rings is 2. The van der Waals surface area contributed by atoms with Gasteiger partial charge in [-0.15, -0.1) is 0 Å². The van der Waals surface area contributed by atoms with Gasteiger partial charge in [0.1, 0.15) is 17.2 Å². The van der Waals surface area contributed by atoms with E-state index in [2.05, 4.69) is 4.90 Å². The molecule has 2 aromatic rings. The first kappa shape index (κ1) is 17.9. The lowest BCUT2D eigenvalue weighted by atomic mass is 10.2. The maximum Gasteiger partial charge on any atom is 0.260 e. The molecular weight excluding hydrogens is 332 g/mol. The Balaban J connectivity index is 1.46. The Bertz CT molecular complexity index is 708. The van der Waals surface area contributed by atoms with Crippen molar-refractivity contribution in [1.29, 1.82) is 0 Å². The zero-order valence-electron chi connectivity index (χ0n) is 15.2. The van der Waals surface area contributed by atoms with E-state index in [1.807, 2.05) is 41.3 Å². The Morgan fingerprint density at radius 3 is 1.85 bits per heavy atom. The van der Waals surface area contributed by atoms with Crippen LogP contribution in [0.1, 0.15) is 0 Å². The fourth-order valence-corrected chi connectivity index (χ4v) is 2.92. The van der Waals surface area contributed by atoms with Crippen LogP contribution in [-0.2, 0) is 4.79 Å². The van der Waals surface area contributed by atoms with Crippen LogP contribution < -0.4 is 19.1 Å². The smallest absolute Gasteiger partial charge is 0.260 e. The number of hydrogen-bond donors (Lipinski definition) is 0. The largest absolute Gasteiger partial charge is 0.497 e. The summed E-state index contributed by atoms with van der Waals surface area (Å²) >= 11 is 0. The molecule has 1 fully saturated rings. The number of amides is 1. The van der Waals surface area contributed by atoms with Gasteiger partial charge in [-0.05, 0) is 48.5 Å². The summed E-state index contributed by atoms with van der Waals surface area (Å²) in [6.07, 6.45) is 0. The minimum Gasteiger partial charge on any atom is -0.497 e. The third kappa shape index (κ3) is 4.39. The standard InChI is InChI=1S/C20H24N2O4/c1-24-17-5-3-16(4-6-17)21-11-13-22(14-12-21)20(23)15-26-19-9-7-18(25-2)8-10-19/h3-10H,11-15H2,1-2H3. The van der Waals surface area contributed by atoms with Gasteiger partial charge in [-0.1, -0.05) is 0 Å². The molecule has 1 aliphatic heterocycles. The third-order valence-corrected chi connectivity index (χ3v) is 4.49. The summed E-state index contributed by atoms with van der Waals surface area (Å²) in [6.45, 7) is 3.05. The quantitative estimate of drug-likeness (QED) is 0.796. The van der Waals surface area contributed by atoms with E-state index in [0.717, 1.165) is 30.3 Å². The van der Waals surface area contributed by atoms with Gasteiger partial charge in [0.15, 0.2) is 6.61 Å². The molecule has 2 aromatic carbocycles. The molecule has 1 heterocycles. The van der Waals surface area contributed by atoms with Gasteiger partial charge in [-0.3, -0.25) is 4.79 Å². The van der Waals surface area contributed by atoms with Crippen molar-refractivity contribution < 1.29 is 19.0 Å². The summed E-state index contributed by atoms with van der Waals surface area (Å²) in [5, 5.41) is 0. The number of piperazine rings is 1. The van der Waals surface area contributed by atoms with Crippen molar-refractivity contribution in [1.82, 2.24) is 4.90 Å². The molecule has 1 saturated heterocycles. The summed E-state index contributed by atoms with van der Waals surface area (Å²) < 4.78 is 15.9. The number of carbonyl (C=O) groups is 1. The maximum atomic E-state index is 12.4. The highest BCUT2D eigenvalue weighted by Crippen LogP contribution is 2.21. The van der Waals surface area contributed by atoms with Crippen molar-refractivity contribution in [2.75, 3.05) is 51.9 Å². The Kier molecular flexibility index (Phi) is 5.84.